The third kappa shape index (κ3) is 4.01. The van der Waals surface area contributed by atoms with Crippen LogP contribution in [-0.4, -0.2) is 28.1 Å². The van der Waals surface area contributed by atoms with E-state index in [-0.39, 0.29) is 5.91 Å². The summed E-state index contributed by atoms with van der Waals surface area (Å²) in [6, 6.07) is 0. The highest BCUT2D eigenvalue weighted by molar-refractivity contribution is 7.09. The molecule has 1 aromatic rings. The van der Waals surface area contributed by atoms with E-state index in [0.29, 0.717) is 19.4 Å². The zero-order valence-electron chi connectivity index (χ0n) is 11.4. The highest BCUT2D eigenvalue weighted by Crippen LogP contribution is 2.29. The SMILES string of the molecule is Cc1csc(CCCCNC(=O)C2(O)CCCC2)n1. The lowest BCUT2D eigenvalue weighted by Gasteiger charge is -2.20. The summed E-state index contributed by atoms with van der Waals surface area (Å²) >= 11 is 1.70. The summed E-state index contributed by atoms with van der Waals surface area (Å²) in [5, 5.41) is 16.2. The molecule has 1 heterocycles. The van der Waals surface area contributed by atoms with E-state index in [4.69, 9.17) is 0 Å². The maximum Gasteiger partial charge on any atom is 0.251 e. The minimum absolute atomic E-state index is 0.185. The Morgan fingerprint density at radius 1 is 1.47 bits per heavy atom. The lowest BCUT2D eigenvalue weighted by Crippen LogP contribution is -2.45. The van der Waals surface area contributed by atoms with Gasteiger partial charge < -0.3 is 10.4 Å². The van der Waals surface area contributed by atoms with Crippen LogP contribution in [0.3, 0.4) is 0 Å². The first-order valence-electron chi connectivity index (χ1n) is 7.02. The zero-order chi connectivity index (χ0) is 13.7. The Labute approximate surface area is 118 Å². The van der Waals surface area contributed by atoms with Crippen LogP contribution in [0.25, 0.3) is 0 Å². The van der Waals surface area contributed by atoms with Crippen LogP contribution in [0, 0.1) is 6.92 Å². The van der Waals surface area contributed by atoms with Crippen molar-refractivity contribution in [2.75, 3.05) is 6.54 Å². The lowest BCUT2D eigenvalue weighted by atomic mass is 10.0. The smallest absolute Gasteiger partial charge is 0.251 e. The van der Waals surface area contributed by atoms with Crippen LogP contribution in [0.1, 0.15) is 49.2 Å². The molecule has 1 aliphatic rings. The highest BCUT2D eigenvalue weighted by Gasteiger charge is 2.38. The van der Waals surface area contributed by atoms with Crippen molar-refractivity contribution < 1.29 is 9.90 Å². The summed E-state index contributed by atoms with van der Waals surface area (Å²) in [4.78, 5) is 16.2. The fraction of sp³-hybridized carbons (Fsp3) is 0.714. The molecule has 2 rings (SSSR count). The molecule has 0 bridgehead atoms. The Morgan fingerprint density at radius 2 is 2.21 bits per heavy atom. The molecule has 19 heavy (non-hydrogen) atoms. The Kier molecular flexibility index (Phi) is 4.93. The van der Waals surface area contributed by atoms with E-state index >= 15 is 0 Å². The van der Waals surface area contributed by atoms with E-state index in [0.717, 1.165) is 37.8 Å². The van der Waals surface area contributed by atoms with Gasteiger partial charge in [-0.15, -0.1) is 11.3 Å². The highest BCUT2D eigenvalue weighted by atomic mass is 32.1. The number of carbonyl (C=O) groups is 1. The van der Waals surface area contributed by atoms with Gasteiger partial charge in [-0.3, -0.25) is 4.79 Å². The third-order valence-electron chi connectivity index (χ3n) is 3.62. The first-order chi connectivity index (χ1) is 9.10. The number of aliphatic hydroxyl groups is 1. The van der Waals surface area contributed by atoms with Gasteiger partial charge in [0.05, 0.1) is 5.01 Å². The summed E-state index contributed by atoms with van der Waals surface area (Å²) < 4.78 is 0. The van der Waals surface area contributed by atoms with Gasteiger partial charge in [0, 0.05) is 17.6 Å². The Hall–Kier alpha value is -0.940. The van der Waals surface area contributed by atoms with Crippen LogP contribution >= 0.6 is 11.3 Å². The number of hydrogen-bond acceptors (Lipinski definition) is 4. The zero-order valence-corrected chi connectivity index (χ0v) is 12.3. The molecule has 0 spiro atoms. The quantitative estimate of drug-likeness (QED) is 0.786. The second-order valence-corrected chi connectivity index (χ2v) is 6.28. The van der Waals surface area contributed by atoms with Crippen LogP contribution in [0.15, 0.2) is 5.38 Å². The van der Waals surface area contributed by atoms with Crippen molar-refractivity contribution >= 4 is 17.2 Å². The minimum Gasteiger partial charge on any atom is -0.380 e. The van der Waals surface area contributed by atoms with E-state index in [2.05, 4.69) is 15.7 Å². The van der Waals surface area contributed by atoms with E-state index < -0.39 is 5.60 Å². The van der Waals surface area contributed by atoms with Gasteiger partial charge in [-0.25, -0.2) is 4.98 Å². The summed E-state index contributed by atoms with van der Waals surface area (Å²) in [6.07, 6.45) is 6.04. The molecule has 0 aliphatic heterocycles. The number of nitrogens with one attached hydrogen (secondary N) is 1. The van der Waals surface area contributed by atoms with E-state index in [1.807, 2.05) is 6.92 Å². The van der Waals surface area contributed by atoms with Gasteiger partial charge in [0.1, 0.15) is 5.60 Å². The first kappa shape index (κ1) is 14.5. The monoisotopic (exact) mass is 282 g/mol. The number of thiazole rings is 1. The lowest BCUT2D eigenvalue weighted by molar-refractivity contribution is -0.139. The number of nitrogens with zero attached hydrogens (tertiary/aromatic N) is 1. The van der Waals surface area contributed by atoms with Gasteiger partial charge in [0.25, 0.3) is 5.91 Å². The largest absolute Gasteiger partial charge is 0.380 e. The van der Waals surface area contributed by atoms with Gasteiger partial charge in [0.2, 0.25) is 0 Å². The van der Waals surface area contributed by atoms with Crippen LogP contribution in [0.2, 0.25) is 0 Å². The van der Waals surface area contributed by atoms with Gasteiger partial charge in [-0.1, -0.05) is 0 Å². The fourth-order valence-electron chi connectivity index (χ4n) is 2.47. The molecule has 0 radical (unpaired) electrons. The number of rotatable bonds is 6. The van der Waals surface area contributed by atoms with Crippen LogP contribution in [0.5, 0.6) is 0 Å². The third-order valence-corrected chi connectivity index (χ3v) is 4.65. The molecule has 1 amide bonds. The molecule has 1 aromatic heterocycles. The van der Waals surface area contributed by atoms with Gasteiger partial charge in [-0.05, 0) is 51.9 Å². The van der Waals surface area contributed by atoms with Crippen molar-refractivity contribution in [1.82, 2.24) is 10.3 Å². The van der Waals surface area contributed by atoms with Gasteiger partial charge >= 0.3 is 0 Å². The average Bonchev–Trinajstić information content (AvgIpc) is 2.99. The minimum atomic E-state index is -1.09. The summed E-state index contributed by atoms with van der Waals surface area (Å²) in [7, 11) is 0. The van der Waals surface area contributed by atoms with E-state index in [1.165, 1.54) is 5.01 Å². The van der Waals surface area contributed by atoms with Gasteiger partial charge in [-0.2, -0.15) is 0 Å². The van der Waals surface area contributed by atoms with Crippen LogP contribution in [-0.2, 0) is 11.2 Å². The molecule has 0 atom stereocenters. The number of amides is 1. The predicted octanol–water partition coefficient (Wildman–Crippen LogP) is 2.20. The number of carbonyl (C=O) groups excluding carboxylic acids is 1. The fourth-order valence-corrected chi connectivity index (χ4v) is 3.29. The Bertz CT molecular complexity index is 425. The molecular weight excluding hydrogens is 260 g/mol. The normalized spacial score (nSPS) is 17.6. The van der Waals surface area contributed by atoms with Crippen molar-refractivity contribution in [2.24, 2.45) is 0 Å². The molecule has 1 saturated carbocycles. The maximum absolute atomic E-state index is 11.8. The summed E-state index contributed by atoms with van der Waals surface area (Å²) in [5.74, 6) is -0.185. The Balaban J connectivity index is 1.60. The predicted molar refractivity (Wildman–Crippen MR) is 76.2 cm³/mol. The van der Waals surface area contributed by atoms with E-state index in [1.54, 1.807) is 11.3 Å². The first-order valence-corrected chi connectivity index (χ1v) is 7.90. The van der Waals surface area contributed by atoms with Crippen molar-refractivity contribution in [3.8, 4) is 0 Å². The summed E-state index contributed by atoms with van der Waals surface area (Å²) in [5.41, 5.74) is -0.0105. The van der Waals surface area contributed by atoms with Crippen molar-refractivity contribution in [3.05, 3.63) is 16.1 Å². The van der Waals surface area contributed by atoms with Gasteiger partial charge in [0.15, 0.2) is 0 Å². The number of unbranched alkanes of at least 4 members (excludes halogenated alkanes) is 1. The summed E-state index contributed by atoms with van der Waals surface area (Å²) in [6.45, 7) is 2.65. The molecule has 4 nitrogen and oxygen atoms in total. The molecule has 1 aliphatic carbocycles. The topological polar surface area (TPSA) is 62.2 Å². The molecular formula is C14H22N2O2S. The van der Waals surface area contributed by atoms with E-state index in [9.17, 15) is 9.90 Å². The number of hydrogen-bond donors (Lipinski definition) is 2. The van der Waals surface area contributed by atoms with Crippen molar-refractivity contribution in [2.45, 2.75) is 57.5 Å². The molecule has 106 valence electrons. The standard InChI is InChI=1S/C14H22N2O2S/c1-11-10-19-12(16-11)6-2-5-9-15-13(17)14(18)7-3-4-8-14/h10,18H,2-9H2,1H3,(H,15,17). The van der Waals surface area contributed by atoms with Crippen LogP contribution in [0.4, 0.5) is 0 Å². The number of aryl methyl sites for hydroxylation is 2. The Morgan fingerprint density at radius 3 is 2.84 bits per heavy atom. The molecule has 0 saturated heterocycles. The second kappa shape index (κ2) is 6.48. The molecule has 1 fully saturated rings. The second-order valence-electron chi connectivity index (χ2n) is 5.33. The molecule has 5 heteroatoms. The van der Waals surface area contributed by atoms with Crippen LogP contribution < -0.4 is 5.32 Å². The average molecular weight is 282 g/mol. The maximum atomic E-state index is 11.8. The van der Waals surface area contributed by atoms with Crippen molar-refractivity contribution in [3.63, 3.8) is 0 Å². The molecule has 0 aromatic carbocycles. The van der Waals surface area contributed by atoms with Crippen molar-refractivity contribution in [1.29, 1.82) is 0 Å². The molecule has 2 N–H and O–H groups in total. The number of aromatic nitrogens is 1. The molecule has 0 unspecified atom stereocenters.